The molecule has 1 aromatic rings. The minimum atomic E-state index is 0.0146. The third kappa shape index (κ3) is 4.18. The molecule has 4 heteroatoms. The number of benzene rings is 1. The van der Waals surface area contributed by atoms with Gasteiger partial charge in [0, 0.05) is 29.1 Å². The van der Waals surface area contributed by atoms with Gasteiger partial charge in [-0.15, -0.1) is 11.6 Å². The monoisotopic (exact) mass is 287 g/mol. The molecule has 0 radical (unpaired) electrons. The van der Waals surface area contributed by atoms with Crippen molar-refractivity contribution in [3.63, 3.8) is 0 Å². The number of hydrogen-bond donors (Lipinski definition) is 0. The third-order valence-electron chi connectivity index (χ3n) is 2.71. The normalized spacial score (nSPS) is 10.8. The van der Waals surface area contributed by atoms with Crippen molar-refractivity contribution < 1.29 is 4.79 Å². The Morgan fingerprint density at radius 1 is 1.33 bits per heavy atom. The molecule has 0 N–H and O–H groups in total. The van der Waals surface area contributed by atoms with E-state index in [9.17, 15) is 4.79 Å². The average molecular weight is 288 g/mol. The van der Waals surface area contributed by atoms with Crippen LogP contribution in [0, 0.1) is 6.92 Å². The zero-order valence-electron chi connectivity index (χ0n) is 11.0. The molecule has 0 aliphatic rings. The predicted molar refractivity (Wildman–Crippen MR) is 77.7 cm³/mol. The first-order valence-corrected chi connectivity index (χ1v) is 7.01. The summed E-state index contributed by atoms with van der Waals surface area (Å²) in [7, 11) is 0. The summed E-state index contributed by atoms with van der Waals surface area (Å²) in [6.45, 7) is 6.61. The van der Waals surface area contributed by atoms with Crippen LogP contribution >= 0.6 is 23.2 Å². The fraction of sp³-hybridized carbons (Fsp3) is 0.500. The number of rotatable bonds is 5. The zero-order chi connectivity index (χ0) is 13.7. The summed E-state index contributed by atoms with van der Waals surface area (Å²) in [6.07, 6.45) is 0.797. The van der Waals surface area contributed by atoms with Crippen molar-refractivity contribution in [2.24, 2.45) is 0 Å². The molecule has 18 heavy (non-hydrogen) atoms. The zero-order valence-corrected chi connectivity index (χ0v) is 12.6. The molecular formula is C14H19Cl2NO. The van der Waals surface area contributed by atoms with Crippen LogP contribution in [0.25, 0.3) is 0 Å². The smallest absolute Gasteiger partial charge is 0.254 e. The second-order valence-electron chi connectivity index (χ2n) is 4.65. The number of halogens is 2. The summed E-state index contributed by atoms with van der Waals surface area (Å²) in [5.41, 5.74) is 1.63. The molecule has 0 aliphatic heterocycles. The van der Waals surface area contributed by atoms with Crippen LogP contribution in [-0.2, 0) is 0 Å². The van der Waals surface area contributed by atoms with Gasteiger partial charge < -0.3 is 4.90 Å². The number of carbonyl (C=O) groups is 1. The molecule has 100 valence electrons. The lowest BCUT2D eigenvalue weighted by Crippen LogP contribution is -2.37. The van der Waals surface area contributed by atoms with E-state index in [-0.39, 0.29) is 11.9 Å². The Bertz CT molecular complexity index is 398. The van der Waals surface area contributed by atoms with Gasteiger partial charge in [-0.05, 0) is 51.0 Å². The van der Waals surface area contributed by atoms with Gasteiger partial charge in [0.05, 0.1) is 0 Å². The molecule has 0 spiro atoms. The van der Waals surface area contributed by atoms with Gasteiger partial charge in [0.15, 0.2) is 0 Å². The van der Waals surface area contributed by atoms with Crippen molar-refractivity contribution in [3.8, 4) is 0 Å². The molecule has 0 bridgehead atoms. The summed E-state index contributed by atoms with van der Waals surface area (Å²) < 4.78 is 0. The van der Waals surface area contributed by atoms with E-state index in [1.54, 1.807) is 6.07 Å². The lowest BCUT2D eigenvalue weighted by Gasteiger charge is -2.26. The lowest BCUT2D eigenvalue weighted by atomic mass is 10.1. The van der Waals surface area contributed by atoms with Crippen LogP contribution in [0.4, 0.5) is 0 Å². The Labute approximate surface area is 119 Å². The average Bonchev–Trinajstić information content (AvgIpc) is 2.27. The van der Waals surface area contributed by atoms with E-state index in [1.165, 1.54) is 0 Å². The maximum atomic E-state index is 12.4. The molecule has 0 saturated heterocycles. The minimum Gasteiger partial charge on any atom is -0.336 e. The highest BCUT2D eigenvalue weighted by Gasteiger charge is 2.18. The Hall–Kier alpha value is -0.730. The summed E-state index contributed by atoms with van der Waals surface area (Å²) in [5, 5.41) is 0.597. The van der Waals surface area contributed by atoms with Crippen LogP contribution in [0.1, 0.15) is 36.2 Å². The number of aryl methyl sites for hydroxylation is 1. The topological polar surface area (TPSA) is 20.3 Å². The molecule has 0 heterocycles. The van der Waals surface area contributed by atoms with E-state index in [1.807, 2.05) is 37.8 Å². The number of carbonyl (C=O) groups excluding carboxylic acids is 1. The fourth-order valence-electron chi connectivity index (χ4n) is 1.85. The van der Waals surface area contributed by atoms with Gasteiger partial charge in [-0.1, -0.05) is 11.6 Å². The van der Waals surface area contributed by atoms with Crippen LogP contribution in [0.15, 0.2) is 18.2 Å². The first-order valence-electron chi connectivity index (χ1n) is 6.10. The third-order valence-corrected chi connectivity index (χ3v) is 3.19. The highest BCUT2D eigenvalue weighted by Crippen LogP contribution is 2.17. The Morgan fingerprint density at radius 2 is 2.00 bits per heavy atom. The SMILES string of the molecule is Cc1cc(Cl)cc(C(=O)N(CCCCl)C(C)C)c1. The van der Waals surface area contributed by atoms with Gasteiger partial charge >= 0.3 is 0 Å². The van der Waals surface area contributed by atoms with E-state index >= 15 is 0 Å². The van der Waals surface area contributed by atoms with Gasteiger partial charge in [0.25, 0.3) is 5.91 Å². The first kappa shape index (κ1) is 15.3. The number of alkyl halides is 1. The molecule has 0 aliphatic carbocycles. The van der Waals surface area contributed by atoms with Crippen LogP contribution in [0.2, 0.25) is 5.02 Å². The fourth-order valence-corrected chi connectivity index (χ4v) is 2.26. The maximum Gasteiger partial charge on any atom is 0.254 e. The molecular weight excluding hydrogens is 269 g/mol. The Balaban J connectivity index is 2.94. The van der Waals surface area contributed by atoms with Crippen molar-refractivity contribution in [2.45, 2.75) is 33.2 Å². The molecule has 1 aromatic carbocycles. The number of hydrogen-bond acceptors (Lipinski definition) is 1. The van der Waals surface area contributed by atoms with Crippen molar-refractivity contribution >= 4 is 29.1 Å². The largest absolute Gasteiger partial charge is 0.336 e. The molecule has 1 amide bonds. The van der Waals surface area contributed by atoms with Crippen molar-refractivity contribution in [1.82, 2.24) is 4.90 Å². The van der Waals surface area contributed by atoms with Crippen LogP contribution in [0.5, 0.6) is 0 Å². The first-order chi connectivity index (χ1) is 8.45. The van der Waals surface area contributed by atoms with Crippen LogP contribution < -0.4 is 0 Å². The van der Waals surface area contributed by atoms with E-state index in [0.29, 0.717) is 23.0 Å². The summed E-state index contributed by atoms with van der Waals surface area (Å²) in [5.74, 6) is 0.575. The van der Waals surface area contributed by atoms with Gasteiger partial charge in [0.2, 0.25) is 0 Å². The highest BCUT2D eigenvalue weighted by atomic mass is 35.5. The van der Waals surface area contributed by atoms with Gasteiger partial charge in [-0.2, -0.15) is 0 Å². The second-order valence-corrected chi connectivity index (χ2v) is 5.47. The van der Waals surface area contributed by atoms with Crippen LogP contribution in [0.3, 0.4) is 0 Å². The van der Waals surface area contributed by atoms with E-state index in [2.05, 4.69) is 0 Å². The summed E-state index contributed by atoms with van der Waals surface area (Å²) in [6, 6.07) is 5.58. The molecule has 0 unspecified atom stereocenters. The van der Waals surface area contributed by atoms with Gasteiger partial charge in [-0.25, -0.2) is 0 Å². The molecule has 0 atom stereocenters. The molecule has 0 saturated carbocycles. The summed E-state index contributed by atoms with van der Waals surface area (Å²) >= 11 is 11.7. The van der Waals surface area contributed by atoms with E-state index in [0.717, 1.165) is 12.0 Å². The van der Waals surface area contributed by atoms with Gasteiger partial charge in [0.1, 0.15) is 0 Å². The van der Waals surface area contributed by atoms with Crippen molar-refractivity contribution in [1.29, 1.82) is 0 Å². The predicted octanol–water partition coefficient (Wildman–Crippen LogP) is 4.13. The second kappa shape index (κ2) is 7.01. The number of amides is 1. The number of nitrogens with zero attached hydrogens (tertiary/aromatic N) is 1. The standard InChI is InChI=1S/C14H19Cl2NO/c1-10(2)17(6-4-5-15)14(18)12-7-11(3)8-13(16)9-12/h7-10H,4-6H2,1-3H3. The Morgan fingerprint density at radius 3 is 2.50 bits per heavy atom. The van der Waals surface area contributed by atoms with Crippen LogP contribution in [-0.4, -0.2) is 29.3 Å². The van der Waals surface area contributed by atoms with E-state index < -0.39 is 0 Å². The van der Waals surface area contributed by atoms with Crippen molar-refractivity contribution in [2.75, 3.05) is 12.4 Å². The molecule has 2 nitrogen and oxygen atoms in total. The quantitative estimate of drug-likeness (QED) is 0.746. The molecule has 0 aromatic heterocycles. The highest BCUT2D eigenvalue weighted by molar-refractivity contribution is 6.31. The molecule has 0 fully saturated rings. The van der Waals surface area contributed by atoms with Gasteiger partial charge in [-0.3, -0.25) is 4.79 Å². The Kier molecular flexibility index (Phi) is 5.97. The van der Waals surface area contributed by atoms with E-state index in [4.69, 9.17) is 23.2 Å². The summed E-state index contributed by atoms with van der Waals surface area (Å²) in [4.78, 5) is 14.2. The minimum absolute atomic E-state index is 0.0146. The lowest BCUT2D eigenvalue weighted by molar-refractivity contribution is 0.0706. The van der Waals surface area contributed by atoms with Crippen molar-refractivity contribution in [3.05, 3.63) is 34.3 Å². The maximum absolute atomic E-state index is 12.4. The molecule has 1 rings (SSSR count).